The van der Waals surface area contributed by atoms with Crippen molar-refractivity contribution in [1.82, 2.24) is 10.2 Å². The van der Waals surface area contributed by atoms with Crippen LogP contribution >= 0.6 is 0 Å². The maximum absolute atomic E-state index is 13.6. The van der Waals surface area contributed by atoms with E-state index < -0.39 is 22.8 Å². The van der Waals surface area contributed by atoms with Crippen molar-refractivity contribution in [3.05, 3.63) is 97.9 Å². The van der Waals surface area contributed by atoms with E-state index in [1.165, 1.54) is 11.6 Å². The highest BCUT2D eigenvalue weighted by atomic mass is 16.6. The molecule has 0 spiro atoms. The van der Waals surface area contributed by atoms with E-state index in [1.807, 2.05) is 44.9 Å². The van der Waals surface area contributed by atoms with E-state index in [0.717, 1.165) is 5.56 Å². The lowest BCUT2D eigenvalue weighted by molar-refractivity contribution is -0.385. The Bertz CT molecular complexity index is 1320. The number of benzene rings is 2. The summed E-state index contributed by atoms with van der Waals surface area (Å²) in [6, 6.07) is 14.3. The van der Waals surface area contributed by atoms with Crippen LogP contribution in [0.25, 0.3) is 0 Å². The van der Waals surface area contributed by atoms with Gasteiger partial charge in [0.25, 0.3) is 5.69 Å². The van der Waals surface area contributed by atoms with Gasteiger partial charge in [0.1, 0.15) is 13.2 Å². The monoisotopic (exact) mass is 565 g/mol. The van der Waals surface area contributed by atoms with Crippen molar-refractivity contribution in [2.24, 2.45) is 0 Å². The van der Waals surface area contributed by atoms with Crippen molar-refractivity contribution in [3.8, 4) is 0 Å². The molecule has 0 radical (unpaired) electrons. The van der Waals surface area contributed by atoms with E-state index in [9.17, 15) is 19.7 Å². The average molecular weight is 566 g/mol. The van der Waals surface area contributed by atoms with Gasteiger partial charge in [0.05, 0.1) is 34.7 Å². The van der Waals surface area contributed by atoms with Gasteiger partial charge in [-0.25, -0.2) is 9.59 Å². The molecule has 2 aromatic carbocycles. The SMILES string of the molecule is CC1=C(C(=O)OCCOC(C)C)C(c2ccccc2[N+](=O)[O-])C(C(=O)OCCN(C)Cc2ccc(C)cc2)=C(C)N1. The third-order valence-corrected chi connectivity index (χ3v) is 6.69. The summed E-state index contributed by atoms with van der Waals surface area (Å²) in [4.78, 5) is 40.4. The fourth-order valence-corrected chi connectivity index (χ4v) is 4.70. The number of carbonyl (C=O) groups excluding carboxylic acids is 2. The Balaban J connectivity index is 1.84. The van der Waals surface area contributed by atoms with Gasteiger partial charge in [0.2, 0.25) is 0 Å². The minimum atomic E-state index is -1.06. The van der Waals surface area contributed by atoms with Crippen LogP contribution in [-0.2, 0) is 30.3 Å². The van der Waals surface area contributed by atoms with Gasteiger partial charge in [-0.2, -0.15) is 0 Å². The number of likely N-dealkylation sites (N-methyl/N-ethyl adjacent to an activating group) is 1. The Morgan fingerprint density at radius 1 is 0.927 bits per heavy atom. The van der Waals surface area contributed by atoms with Crippen LogP contribution in [0.3, 0.4) is 0 Å². The molecule has 1 unspecified atom stereocenters. The third kappa shape index (κ3) is 8.48. The standard InChI is InChI=1S/C31H39N3O7/c1-20(2)39-17-18-41-31(36)28-23(5)32-22(4)27(29(28)25-9-7-8-10-26(25)34(37)38)30(35)40-16-15-33(6)19-24-13-11-21(3)12-14-24/h7-14,20,29,32H,15-19H2,1-6H3. The number of esters is 2. The van der Waals surface area contributed by atoms with Gasteiger partial charge in [-0.05, 0) is 47.2 Å². The fraction of sp³-hybridized carbons (Fsp3) is 0.419. The first-order valence-electron chi connectivity index (χ1n) is 13.6. The minimum absolute atomic E-state index is 0.00676. The number of nitro groups is 1. The smallest absolute Gasteiger partial charge is 0.336 e. The number of nitrogens with zero attached hydrogens (tertiary/aromatic N) is 2. The molecule has 41 heavy (non-hydrogen) atoms. The number of nitro benzene ring substituents is 1. The molecule has 10 nitrogen and oxygen atoms in total. The second-order valence-electron chi connectivity index (χ2n) is 10.4. The molecule has 0 aliphatic carbocycles. The number of carbonyl (C=O) groups is 2. The van der Waals surface area contributed by atoms with Crippen molar-refractivity contribution in [2.45, 2.75) is 53.2 Å². The number of nitrogens with one attached hydrogen (secondary N) is 1. The number of hydrogen-bond acceptors (Lipinski definition) is 9. The van der Waals surface area contributed by atoms with Crippen molar-refractivity contribution in [2.75, 3.05) is 33.4 Å². The molecule has 2 aromatic rings. The van der Waals surface area contributed by atoms with E-state index in [4.69, 9.17) is 14.2 Å². The maximum atomic E-state index is 13.6. The largest absolute Gasteiger partial charge is 0.461 e. The van der Waals surface area contributed by atoms with Crippen LogP contribution in [0, 0.1) is 17.0 Å². The summed E-state index contributed by atoms with van der Waals surface area (Å²) in [5.74, 6) is -2.42. The zero-order valence-corrected chi connectivity index (χ0v) is 24.6. The van der Waals surface area contributed by atoms with Crippen LogP contribution in [0.15, 0.2) is 71.1 Å². The lowest BCUT2D eigenvalue weighted by Gasteiger charge is -2.30. The fourth-order valence-electron chi connectivity index (χ4n) is 4.70. The number of allylic oxidation sites excluding steroid dienone is 2. The summed E-state index contributed by atoms with van der Waals surface area (Å²) < 4.78 is 16.6. The lowest BCUT2D eigenvalue weighted by Crippen LogP contribution is -2.34. The Kier molecular flexibility index (Phi) is 11.2. The average Bonchev–Trinajstić information content (AvgIpc) is 2.91. The molecule has 1 heterocycles. The van der Waals surface area contributed by atoms with Gasteiger partial charge in [-0.15, -0.1) is 0 Å². The molecular weight excluding hydrogens is 526 g/mol. The number of hydrogen-bond donors (Lipinski definition) is 1. The molecule has 220 valence electrons. The molecule has 1 aliphatic heterocycles. The third-order valence-electron chi connectivity index (χ3n) is 6.69. The van der Waals surface area contributed by atoms with Crippen molar-refractivity contribution in [1.29, 1.82) is 0 Å². The van der Waals surface area contributed by atoms with E-state index >= 15 is 0 Å². The van der Waals surface area contributed by atoms with E-state index in [-0.39, 0.29) is 48.3 Å². The molecule has 1 atom stereocenters. The van der Waals surface area contributed by atoms with Gasteiger partial charge in [0.15, 0.2) is 0 Å². The molecule has 10 heteroatoms. The molecular formula is C31H39N3O7. The van der Waals surface area contributed by atoms with Crippen molar-refractivity contribution >= 4 is 17.6 Å². The number of para-hydroxylation sites is 1. The summed E-state index contributed by atoms with van der Waals surface area (Å²) in [6.45, 7) is 10.6. The quantitative estimate of drug-likeness (QED) is 0.158. The maximum Gasteiger partial charge on any atom is 0.336 e. The molecule has 0 aromatic heterocycles. The molecule has 0 saturated carbocycles. The molecule has 0 bridgehead atoms. The van der Waals surface area contributed by atoms with E-state index in [0.29, 0.717) is 24.5 Å². The molecule has 0 saturated heterocycles. The van der Waals surface area contributed by atoms with Gasteiger partial charge >= 0.3 is 11.9 Å². The summed E-state index contributed by atoms with van der Waals surface area (Å²) in [6.07, 6.45) is -0.0337. The zero-order valence-electron chi connectivity index (χ0n) is 24.6. The Morgan fingerprint density at radius 2 is 1.51 bits per heavy atom. The molecule has 3 rings (SSSR count). The second kappa shape index (κ2) is 14.6. The number of dihydropyridines is 1. The summed E-state index contributed by atoms with van der Waals surface area (Å²) in [5.41, 5.74) is 3.42. The number of ether oxygens (including phenoxy) is 3. The van der Waals surface area contributed by atoms with Gasteiger partial charge in [-0.1, -0.05) is 48.0 Å². The molecule has 1 N–H and O–H groups in total. The topological polar surface area (TPSA) is 120 Å². The second-order valence-corrected chi connectivity index (χ2v) is 10.4. The van der Waals surface area contributed by atoms with E-state index in [1.54, 1.807) is 32.0 Å². The van der Waals surface area contributed by atoms with Crippen LogP contribution < -0.4 is 5.32 Å². The predicted octanol–water partition coefficient (Wildman–Crippen LogP) is 4.78. The van der Waals surface area contributed by atoms with Crippen LogP contribution in [0.1, 0.15) is 50.3 Å². The predicted molar refractivity (Wildman–Crippen MR) is 155 cm³/mol. The van der Waals surface area contributed by atoms with Crippen molar-refractivity contribution in [3.63, 3.8) is 0 Å². The molecule has 0 amide bonds. The van der Waals surface area contributed by atoms with Crippen LogP contribution in [-0.4, -0.2) is 61.3 Å². The summed E-state index contributed by atoms with van der Waals surface area (Å²) in [5, 5.41) is 15.1. The van der Waals surface area contributed by atoms with Gasteiger partial charge in [-0.3, -0.25) is 15.0 Å². The lowest BCUT2D eigenvalue weighted by atomic mass is 9.79. The Morgan fingerprint density at radius 3 is 2.10 bits per heavy atom. The van der Waals surface area contributed by atoms with Crippen LogP contribution in [0.2, 0.25) is 0 Å². The highest BCUT2D eigenvalue weighted by Gasteiger charge is 2.41. The Hall–Kier alpha value is -4.02. The highest BCUT2D eigenvalue weighted by molar-refractivity contribution is 6.00. The number of aryl methyl sites for hydroxylation is 1. The zero-order chi connectivity index (χ0) is 30.1. The summed E-state index contributed by atoms with van der Waals surface area (Å²) >= 11 is 0. The van der Waals surface area contributed by atoms with Gasteiger partial charge < -0.3 is 19.5 Å². The van der Waals surface area contributed by atoms with Crippen LogP contribution in [0.4, 0.5) is 5.69 Å². The molecule has 1 aliphatic rings. The first-order valence-corrected chi connectivity index (χ1v) is 13.6. The molecule has 0 fully saturated rings. The summed E-state index contributed by atoms with van der Waals surface area (Å²) in [7, 11) is 1.93. The minimum Gasteiger partial charge on any atom is -0.461 e. The Labute approximate surface area is 241 Å². The van der Waals surface area contributed by atoms with Gasteiger partial charge in [0, 0.05) is 36.1 Å². The van der Waals surface area contributed by atoms with Crippen LogP contribution in [0.5, 0.6) is 0 Å². The normalized spacial score (nSPS) is 15.3. The highest BCUT2D eigenvalue weighted by Crippen LogP contribution is 2.42. The van der Waals surface area contributed by atoms with Crippen molar-refractivity contribution < 1.29 is 28.7 Å². The van der Waals surface area contributed by atoms with E-state index in [2.05, 4.69) is 17.4 Å². The first kappa shape index (κ1) is 31.5. The first-order chi connectivity index (χ1) is 19.5. The number of rotatable bonds is 13.